The molecule has 102 valence electrons. The molecule has 0 fully saturated rings. The summed E-state index contributed by atoms with van der Waals surface area (Å²) in [7, 11) is 0. The lowest BCUT2D eigenvalue weighted by atomic mass is 10.3. The van der Waals surface area contributed by atoms with E-state index in [9.17, 15) is 4.79 Å². The molecule has 3 aromatic heterocycles. The lowest BCUT2D eigenvalue weighted by Gasteiger charge is -2.11. The van der Waals surface area contributed by atoms with E-state index in [1.54, 1.807) is 25.3 Å². The number of halogens is 1. The predicted molar refractivity (Wildman–Crippen MR) is 75.1 cm³/mol. The molecule has 20 heavy (non-hydrogen) atoms. The van der Waals surface area contributed by atoms with Gasteiger partial charge < -0.3 is 4.57 Å². The number of rotatable bonds is 2. The van der Waals surface area contributed by atoms with E-state index in [1.165, 1.54) is 4.52 Å². The average Bonchev–Trinajstić information content (AvgIpc) is 2.79. The van der Waals surface area contributed by atoms with E-state index in [0.29, 0.717) is 23.3 Å². The van der Waals surface area contributed by atoms with E-state index in [4.69, 9.17) is 11.6 Å². The van der Waals surface area contributed by atoms with E-state index in [2.05, 4.69) is 15.1 Å². The molecule has 0 saturated carbocycles. The second kappa shape index (κ2) is 4.72. The molecule has 3 heterocycles. The van der Waals surface area contributed by atoms with Crippen LogP contribution in [-0.2, 0) is 6.54 Å². The first-order valence-corrected chi connectivity index (χ1v) is 6.46. The molecule has 0 saturated heterocycles. The van der Waals surface area contributed by atoms with Crippen LogP contribution in [0.3, 0.4) is 0 Å². The molecule has 0 radical (unpaired) electrons. The van der Waals surface area contributed by atoms with Gasteiger partial charge in [-0.2, -0.15) is 9.50 Å². The second-order valence-electron chi connectivity index (χ2n) is 4.57. The average molecular weight is 290 g/mol. The highest BCUT2D eigenvalue weighted by molar-refractivity contribution is 6.29. The summed E-state index contributed by atoms with van der Waals surface area (Å²) in [6, 6.07) is 5.18. The summed E-state index contributed by atoms with van der Waals surface area (Å²) in [6.07, 6.45) is 1.71. The van der Waals surface area contributed by atoms with Crippen molar-refractivity contribution in [2.45, 2.75) is 20.4 Å². The molecule has 7 heteroatoms. The van der Waals surface area contributed by atoms with Gasteiger partial charge in [0, 0.05) is 18.0 Å². The van der Waals surface area contributed by atoms with Crippen LogP contribution in [0.25, 0.3) is 5.78 Å². The number of aromatic nitrogens is 5. The smallest absolute Gasteiger partial charge is 0.275 e. The summed E-state index contributed by atoms with van der Waals surface area (Å²) in [5.74, 6) is 1.10. The molecule has 0 unspecified atom stereocenters. The van der Waals surface area contributed by atoms with Crippen molar-refractivity contribution in [3.05, 3.63) is 57.0 Å². The third-order valence-electron chi connectivity index (χ3n) is 3.03. The van der Waals surface area contributed by atoms with Crippen molar-refractivity contribution >= 4 is 17.4 Å². The first kappa shape index (κ1) is 12.8. The zero-order valence-corrected chi connectivity index (χ0v) is 11.8. The molecule has 3 rings (SSSR count). The topological polar surface area (TPSA) is 65.1 Å². The molecule has 3 aromatic rings. The maximum atomic E-state index is 11.9. The number of hydrogen-bond donors (Lipinski definition) is 0. The molecule has 0 spiro atoms. The molecule has 0 aliphatic heterocycles. The van der Waals surface area contributed by atoms with E-state index < -0.39 is 0 Å². The van der Waals surface area contributed by atoms with Gasteiger partial charge >= 0.3 is 0 Å². The van der Waals surface area contributed by atoms with Gasteiger partial charge in [-0.15, -0.1) is 5.10 Å². The van der Waals surface area contributed by atoms with Crippen molar-refractivity contribution in [2.24, 2.45) is 0 Å². The summed E-state index contributed by atoms with van der Waals surface area (Å²) in [5, 5.41) is 4.56. The van der Waals surface area contributed by atoms with Gasteiger partial charge in [0.25, 0.3) is 5.56 Å². The molecule has 0 aliphatic carbocycles. The zero-order valence-electron chi connectivity index (χ0n) is 11.0. The lowest BCUT2D eigenvalue weighted by Crippen LogP contribution is -2.20. The highest BCUT2D eigenvalue weighted by atomic mass is 35.5. The summed E-state index contributed by atoms with van der Waals surface area (Å²) in [4.78, 5) is 20.3. The van der Waals surface area contributed by atoms with Gasteiger partial charge in [-0.3, -0.25) is 4.79 Å². The minimum atomic E-state index is -0.177. The van der Waals surface area contributed by atoms with Crippen molar-refractivity contribution in [2.75, 3.05) is 0 Å². The molecule has 0 amide bonds. The zero-order chi connectivity index (χ0) is 14.3. The van der Waals surface area contributed by atoms with Crippen molar-refractivity contribution < 1.29 is 0 Å². The molecular formula is C13H12ClN5O. The monoisotopic (exact) mass is 289 g/mol. The Labute approximate surface area is 119 Å². The summed E-state index contributed by atoms with van der Waals surface area (Å²) >= 11 is 5.78. The minimum absolute atomic E-state index is 0.177. The predicted octanol–water partition coefficient (Wildman–Crippen LogP) is 1.60. The molecule has 0 aromatic carbocycles. The maximum Gasteiger partial charge on any atom is 0.275 e. The normalized spacial score (nSPS) is 11.2. The van der Waals surface area contributed by atoms with E-state index in [-0.39, 0.29) is 5.56 Å². The Balaban J connectivity index is 2.15. The van der Waals surface area contributed by atoms with Gasteiger partial charge in [0.2, 0.25) is 5.78 Å². The van der Waals surface area contributed by atoms with Gasteiger partial charge in [0.15, 0.2) is 0 Å². The van der Waals surface area contributed by atoms with Crippen molar-refractivity contribution in [1.82, 2.24) is 24.1 Å². The van der Waals surface area contributed by atoms with Crippen LogP contribution in [0.5, 0.6) is 0 Å². The Kier molecular flexibility index (Phi) is 3.02. The Hall–Kier alpha value is -2.21. The number of hydrogen-bond acceptors (Lipinski definition) is 4. The van der Waals surface area contributed by atoms with Gasteiger partial charge in [-0.25, -0.2) is 4.98 Å². The Bertz CT molecular complexity index is 834. The largest absolute Gasteiger partial charge is 0.310 e. The fourth-order valence-electron chi connectivity index (χ4n) is 2.08. The summed E-state index contributed by atoms with van der Waals surface area (Å²) in [6.45, 7) is 4.18. The number of aryl methyl sites for hydroxylation is 2. The Morgan fingerprint density at radius 3 is 2.80 bits per heavy atom. The van der Waals surface area contributed by atoms with Crippen LogP contribution in [0.2, 0.25) is 5.15 Å². The Morgan fingerprint density at radius 1 is 1.30 bits per heavy atom. The lowest BCUT2D eigenvalue weighted by molar-refractivity contribution is 0.728. The standard InChI is InChI=1S/C13H12ClN5O/c1-8-5-12(20)19-13(16-9(2)17-19)18(8)7-10-3-4-11(14)15-6-10/h3-6H,7H2,1-2H3. The van der Waals surface area contributed by atoms with Crippen LogP contribution < -0.4 is 5.56 Å². The highest BCUT2D eigenvalue weighted by Gasteiger charge is 2.10. The third kappa shape index (κ3) is 2.18. The van der Waals surface area contributed by atoms with Crippen LogP contribution in [0.1, 0.15) is 17.1 Å². The van der Waals surface area contributed by atoms with Crippen molar-refractivity contribution in [3.63, 3.8) is 0 Å². The first-order chi connectivity index (χ1) is 9.54. The minimum Gasteiger partial charge on any atom is -0.310 e. The van der Waals surface area contributed by atoms with Crippen LogP contribution in [-0.4, -0.2) is 24.1 Å². The fourth-order valence-corrected chi connectivity index (χ4v) is 2.19. The van der Waals surface area contributed by atoms with Gasteiger partial charge in [0.1, 0.15) is 11.0 Å². The molecular weight excluding hydrogens is 278 g/mol. The van der Waals surface area contributed by atoms with Gasteiger partial charge in [0.05, 0.1) is 6.54 Å². The molecule has 0 N–H and O–H groups in total. The van der Waals surface area contributed by atoms with E-state index in [0.717, 1.165) is 11.3 Å². The molecule has 0 atom stereocenters. The summed E-state index contributed by atoms with van der Waals surface area (Å²) in [5.41, 5.74) is 1.62. The molecule has 0 aliphatic rings. The van der Waals surface area contributed by atoms with Gasteiger partial charge in [-0.05, 0) is 25.5 Å². The first-order valence-electron chi connectivity index (χ1n) is 6.09. The number of pyridine rings is 1. The Morgan fingerprint density at radius 2 is 2.10 bits per heavy atom. The van der Waals surface area contributed by atoms with Gasteiger partial charge in [-0.1, -0.05) is 17.7 Å². The fraction of sp³-hybridized carbons (Fsp3) is 0.231. The summed E-state index contributed by atoms with van der Waals surface area (Å²) < 4.78 is 3.23. The van der Waals surface area contributed by atoms with Crippen LogP contribution in [0.15, 0.2) is 29.2 Å². The second-order valence-corrected chi connectivity index (χ2v) is 4.96. The SMILES string of the molecule is Cc1nc2n(Cc3ccc(Cl)nc3)c(C)cc(=O)n2n1. The maximum absolute atomic E-state index is 11.9. The third-order valence-corrected chi connectivity index (χ3v) is 3.26. The van der Waals surface area contributed by atoms with Crippen molar-refractivity contribution in [1.29, 1.82) is 0 Å². The highest BCUT2D eigenvalue weighted by Crippen LogP contribution is 2.10. The van der Waals surface area contributed by atoms with E-state index >= 15 is 0 Å². The molecule has 6 nitrogen and oxygen atoms in total. The van der Waals surface area contributed by atoms with E-state index in [1.807, 2.05) is 17.6 Å². The number of fused-ring (bicyclic) bond motifs is 1. The molecule has 0 bridgehead atoms. The van der Waals surface area contributed by atoms with Crippen LogP contribution in [0, 0.1) is 13.8 Å². The van der Waals surface area contributed by atoms with Crippen molar-refractivity contribution in [3.8, 4) is 0 Å². The quantitative estimate of drug-likeness (QED) is 0.672. The number of nitrogens with zero attached hydrogens (tertiary/aromatic N) is 5. The van der Waals surface area contributed by atoms with Crippen LogP contribution in [0.4, 0.5) is 0 Å². The van der Waals surface area contributed by atoms with Crippen LogP contribution >= 0.6 is 11.6 Å².